The SMILES string of the molecule is C#Cc1ccc(Oc2cc(C)ccc2C)cc1O. The predicted octanol–water partition coefficient (Wildman–Crippen LogP) is 3.78. The molecule has 0 unspecified atom stereocenters. The molecular formula is C16H14O2. The molecule has 2 rings (SSSR count). The van der Waals surface area contributed by atoms with Crippen LogP contribution in [0.25, 0.3) is 0 Å². The highest BCUT2D eigenvalue weighted by atomic mass is 16.5. The molecule has 2 nitrogen and oxygen atoms in total. The number of rotatable bonds is 2. The Morgan fingerprint density at radius 2 is 1.89 bits per heavy atom. The van der Waals surface area contributed by atoms with E-state index >= 15 is 0 Å². The maximum absolute atomic E-state index is 9.67. The topological polar surface area (TPSA) is 29.5 Å². The maximum atomic E-state index is 9.67. The van der Waals surface area contributed by atoms with Crippen LogP contribution in [0, 0.1) is 26.2 Å². The molecule has 1 N–H and O–H groups in total. The highest BCUT2D eigenvalue weighted by molar-refractivity contribution is 5.49. The zero-order valence-electron chi connectivity index (χ0n) is 10.4. The van der Waals surface area contributed by atoms with E-state index in [0.29, 0.717) is 11.3 Å². The van der Waals surface area contributed by atoms with Crippen molar-refractivity contribution in [1.82, 2.24) is 0 Å². The summed E-state index contributed by atoms with van der Waals surface area (Å²) in [4.78, 5) is 0. The summed E-state index contributed by atoms with van der Waals surface area (Å²) in [5, 5.41) is 9.67. The average Bonchev–Trinajstić information content (AvgIpc) is 2.34. The van der Waals surface area contributed by atoms with Crippen LogP contribution >= 0.6 is 0 Å². The van der Waals surface area contributed by atoms with Crippen molar-refractivity contribution in [2.75, 3.05) is 0 Å². The molecule has 0 saturated heterocycles. The fourth-order valence-corrected chi connectivity index (χ4v) is 1.64. The van der Waals surface area contributed by atoms with Crippen LogP contribution in [0.5, 0.6) is 17.2 Å². The Morgan fingerprint density at radius 1 is 1.11 bits per heavy atom. The number of hydrogen-bond acceptors (Lipinski definition) is 2. The quantitative estimate of drug-likeness (QED) is 0.807. The summed E-state index contributed by atoms with van der Waals surface area (Å²) >= 11 is 0. The van der Waals surface area contributed by atoms with E-state index in [4.69, 9.17) is 11.2 Å². The molecule has 0 radical (unpaired) electrons. The molecule has 0 aliphatic rings. The molecule has 0 aromatic heterocycles. The predicted molar refractivity (Wildman–Crippen MR) is 72.0 cm³/mol. The number of benzene rings is 2. The zero-order chi connectivity index (χ0) is 13.1. The minimum absolute atomic E-state index is 0.0558. The van der Waals surface area contributed by atoms with Crippen LogP contribution in [0.3, 0.4) is 0 Å². The van der Waals surface area contributed by atoms with Gasteiger partial charge in [-0.15, -0.1) is 6.42 Å². The largest absolute Gasteiger partial charge is 0.507 e. The molecular weight excluding hydrogens is 224 g/mol. The van der Waals surface area contributed by atoms with Gasteiger partial charge in [0, 0.05) is 6.07 Å². The number of aromatic hydroxyl groups is 1. The Labute approximate surface area is 107 Å². The van der Waals surface area contributed by atoms with Crippen molar-refractivity contribution < 1.29 is 9.84 Å². The molecule has 2 aromatic carbocycles. The van der Waals surface area contributed by atoms with Crippen LogP contribution in [0.1, 0.15) is 16.7 Å². The normalized spacial score (nSPS) is 9.83. The summed E-state index contributed by atoms with van der Waals surface area (Å²) in [5.41, 5.74) is 2.63. The summed E-state index contributed by atoms with van der Waals surface area (Å²) in [6.07, 6.45) is 5.25. The minimum atomic E-state index is 0.0558. The third-order valence-corrected chi connectivity index (χ3v) is 2.70. The molecule has 0 amide bonds. The van der Waals surface area contributed by atoms with E-state index in [0.717, 1.165) is 16.9 Å². The number of phenolic OH excluding ortho intramolecular Hbond substituents is 1. The zero-order valence-corrected chi connectivity index (χ0v) is 10.4. The van der Waals surface area contributed by atoms with Crippen molar-refractivity contribution in [3.05, 3.63) is 53.1 Å². The molecule has 90 valence electrons. The average molecular weight is 238 g/mol. The fraction of sp³-hybridized carbons (Fsp3) is 0.125. The van der Waals surface area contributed by atoms with E-state index < -0.39 is 0 Å². The molecule has 2 aromatic rings. The van der Waals surface area contributed by atoms with E-state index in [1.165, 1.54) is 6.07 Å². The van der Waals surface area contributed by atoms with Gasteiger partial charge in [0.15, 0.2) is 0 Å². The molecule has 2 heteroatoms. The van der Waals surface area contributed by atoms with Crippen LogP contribution < -0.4 is 4.74 Å². The van der Waals surface area contributed by atoms with Gasteiger partial charge in [-0.1, -0.05) is 18.1 Å². The second-order valence-corrected chi connectivity index (χ2v) is 4.19. The third kappa shape index (κ3) is 2.46. The van der Waals surface area contributed by atoms with Crippen molar-refractivity contribution in [2.24, 2.45) is 0 Å². The third-order valence-electron chi connectivity index (χ3n) is 2.70. The van der Waals surface area contributed by atoms with Gasteiger partial charge in [-0.25, -0.2) is 0 Å². The van der Waals surface area contributed by atoms with Crippen molar-refractivity contribution >= 4 is 0 Å². The van der Waals surface area contributed by atoms with E-state index in [9.17, 15) is 5.11 Å². The van der Waals surface area contributed by atoms with Gasteiger partial charge in [0.05, 0.1) is 5.56 Å². The lowest BCUT2D eigenvalue weighted by molar-refractivity contribution is 0.452. The maximum Gasteiger partial charge on any atom is 0.134 e. The molecule has 0 atom stereocenters. The summed E-state index contributed by atoms with van der Waals surface area (Å²) in [6.45, 7) is 3.98. The molecule has 0 aliphatic carbocycles. The number of terminal acetylenes is 1. The first kappa shape index (κ1) is 12.1. The molecule has 0 bridgehead atoms. The van der Waals surface area contributed by atoms with Gasteiger partial charge in [0.1, 0.15) is 17.2 Å². The number of ether oxygens (including phenoxy) is 1. The first-order chi connectivity index (χ1) is 8.60. The lowest BCUT2D eigenvalue weighted by Crippen LogP contribution is -1.89. The fourth-order valence-electron chi connectivity index (χ4n) is 1.64. The van der Waals surface area contributed by atoms with Gasteiger partial charge >= 0.3 is 0 Å². The Kier molecular flexibility index (Phi) is 3.25. The van der Waals surface area contributed by atoms with E-state index in [1.54, 1.807) is 12.1 Å². The second-order valence-electron chi connectivity index (χ2n) is 4.19. The Bertz CT molecular complexity index is 621. The summed E-state index contributed by atoms with van der Waals surface area (Å²) < 4.78 is 5.74. The molecule has 0 aliphatic heterocycles. The van der Waals surface area contributed by atoms with E-state index in [2.05, 4.69) is 5.92 Å². The second kappa shape index (κ2) is 4.85. The summed E-state index contributed by atoms with van der Waals surface area (Å²) in [7, 11) is 0. The molecule has 0 fully saturated rings. The van der Waals surface area contributed by atoms with Crippen LogP contribution in [0.2, 0.25) is 0 Å². The Hall–Kier alpha value is -2.40. The number of phenols is 1. The first-order valence-electron chi connectivity index (χ1n) is 5.65. The highest BCUT2D eigenvalue weighted by Crippen LogP contribution is 2.29. The number of hydrogen-bond donors (Lipinski definition) is 1. The van der Waals surface area contributed by atoms with Gasteiger partial charge in [0.25, 0.3) is 0 Å². The van der Waals surface area contributed by atoms with Crippen LogP contribution in [-0.4, -0.2) is 5.11 Å². The lowest BCUT2D eigenvalue weighted by Gasteiger charge is -2.10. The number of aryl methyl sites for hydroxylation is 2. The van der Waals surface area contributed by atoms with Gasteiger partial charge in [-0.05, 0) is 43.2 Å². The van der Waals surface area contributed by atoms with Gasteiger partial charge < -0.3 is 9.84 Å². The Balaban J connectivity index is 2.32. The van der Waals surface area contributed by atoms with E-state index in [1.807, 2.05) is 32.0 Å². The molecule has 18 heavy (non-hydrogen) atoms. The van der Waals surface area contributed by atoms with E-state index in [-0.39, 0.29) is 5.75 Å². The van der Waals surface area contributed by atoms with Crippen LogP contribution in [0.4, 0.5) is 0 Å². The van der Waals surface area contributed by atoms with Crippen LogP contribution in [0.15, 0.2) is 36.4 Å². The molecule has 0 saturated carbocycles. The molecule has 0 heterocycles. The van der Waals surface area contributed by atoms with Crippen molar-refractivity contribution in [2.45, 2.75) is 13.8 Å². The van der Waals surface area contributed by atoms with Gasteiger partial charge in [-0.2, -0.15) is 0 Å². The lowest BCUT2D eigenvalue weighted by atomic mass is 10.1. The minimum Gasteiger partial charge on any atom is -0.507 e. The summed E-state index contributed by atoms with van der Waals surface area (Å²) in [5.74, 6) is 3.81. The van der Waals surface area contributed by atoms with Gasteiger partial charge in [0.2, 0.25) is 0 Å². The van der Waals surface area contributed by atoms with Crippen molar-refractivity contribution in [1.29, 1.82) is 0 Å². The molecule has 0 spiro atoms. The standard InChI is InChI=1S/C16H14O2/c1-4-13-7-8-14(10-15(13)17)18-16-9-11(2)5-6-12(16)3/h1,5-10,17H,2-3H3. The highest BCUT2D eigenvalue weighted by Gasteiger charge is 2.05. The summed E-state index contributed by atoms with van der Waals surface area (Å²) in [6, 6.07) is 10.9. The van der Waals surface area contributed by atoms with Crippen molar-refractivity contribution in [3.8, 4) is 29.6 Å². The first-order valence-corrected chi connectivity index (χ1v) is 5.65. The Morgan fingerprint density at radius 3 is 2.56 bits per heavy atom. The van der Waals surface area contributed by atoms with Gasteiger partial charge in [-0.3, -0.25) is 0 Å². The smallest absolute Gasteiger partial charge is 0.134 e. The van der Waals surface area contributed by atoms with Crippen LogP contribution in [-0.2, 0) is 0 Å². The monoisotopic (exact) mass is 238 g/mol. The van der Waals surface area contributed by atoms with Crippen molar-refractivity contribution in [3.63, 3.8) is 0 Å².